The van der Waals surface area contributed by atoms with Crippen molar-refractivity contribution >= 4 is 17.9 Å². The van der Waals surface area contributed by atoms with Crippen molar-refractivity contribution in [2.24, 2.45) is 5.92 Å². The standard InChI is InChI=1S/C11H15.3C7H6O2.Ti/c1-8-7-10-5-3-4-6-11(10)9(8)2;3*8-7(9)6-4-2-1-3-5-6;/h9H,3-6H2,1-2H3;3*1-5H,(H,8,9);/q;;;;+3/p-3. The molecule has 5 rings (SSSR count). The second-order valence-corrected chi connectivity index (χ2v) is 13.3. The molecule has 0 aromatic heterocycles. The monoisotopic (exact) mass is 558 g/mol. The quantitative estimate of drug-likeness (QED) is 0.284. The summed E-state index contributed by atoms with van der Waals surface area (Å²) in [6, 6.07) is 25.5. The van der Waals surface area contributed by atoms with E-state index in [0.29, 0.717) is 3.88 Å². The Hall–Kier alpha value is -3.74. The molecule has 0 aliphatic heterocycles. The van der Waals surface area contributed by atoms with E-state index in [4.69, 9.17) is 9.96 Å². The summed E-state index contributed by atoms with van der Waals surface area (Å²) in [4.78, 5) is 40.8. The third-order valence-electron chi connectivity index (χ3n) is 7.39. The van der Waals surface area contributed by atoms with Gasteiger partial charge in [-0.2, -0.15) is 0 Å². The van der Waals surface area contributed by atoms with Gasteiger partial charge < -0.3 is 0 Å². The summed E-state index contributed by atoms with van der Waals surface area (Å²) < 4.78 is 19.3. The van der Waals surface area contributed by atoms with Gasteiger partial charge in [0.15, 0.2) is 0 Å². The van der Waals surface area contributed by atoms with Crippen molar-refractivity contribution in [3.05, 3.63) is 128 Å². The average molecular weight is 558 g/mol. The SMILES string of the molecule is CC1=[C]([Ti]([O]C(=O)c2ccccc2)([O]C(=O)c2ccccc2)[O]C(=O)c2ccccc2)C2=C(CCCC2)C1C. The first-order valence-corrected chi connectivity index (χ1v) is 15.9. The Balaban J connectivity index is 1.67. The summed E-state index contributed by atoms with van der Waals surface area (Å²) in [7, 11) is 0. The fraction of sp³-hybridized carbons (Fsp3) is 0.219. The Kier molecular flexibility index (Phi) is 7.96. The summed E-state index contributed by atoms with van der Waals surface area (Å²) in [5.74, 6) is -2.03. The molecule has 0 saturated heterocycles. The fourth-order valence-corrected chi connectivity index (χ4v) is 9.80. The van der Waals surface area contributed by atoms with Gasteiger partial charge in [0, 0.05) is 0 Å². The molecule has 198 valence electrons. The van der Waals surface area contributed by atoms with Crippen LogP contribution in [0.15, 0.2) is 112 Å². The molecule has 0 radical (unpaired) electrons. The zero-order valence-electron chi connectivity index (χ0n) is 22.0. The van der Waals surface area contributed by atoms with Crippen molar-refractivity contribution in [2.75, 3.05) is 0 Å². The van der Waals surface area contributed by atoms with E-state index in [1.54, 1.807) is 91.0 Å². The van der Waals surface area contributed by atoms with Crippen molar-refractivity contribution in [2.45, 2.75) is 39.5 Å². The molecule has 3 aromatic rings. The van der Waals surface area contributed by atoms with Crippen molar-refractivity contribution in [1.82, 2.24) is 0 Å². The number of carbonyl (C=O) groups excluding carboxylic acids is 3. The van der Waals surface area contributed by atoms with Crippen LogP contribution in [-0.2, 0) is 27.7 Å². The van der Waals surface area contributed by atoms with Crippen molar-refractivity contribution in [3.8, 4) is 0 Å². The molecule has 39 heavy (non-hydrogen) atoms. The average Bonchev–Trinajstić information content (AvgIpc) is 3.24. The molecule has 2 aliphatic carbocycles. The molecule has 0 fully saturated rings. The Morgan fingerprint density at radius 3 is 1.44 bits per heavy atom. The summed E-state index contributed by atoms with van der Waals surface area (Å²) in [6.45, 7) is 4.06. The zero-order valence-corrected chi connectivity index (χ0v) is 23.6. The number of carbonyl (C=O) groups is 3. The molecule has 3 aromatic carbocycles. The molecular weight excluding hydrogens is 528 g/mol. The topological polar surface area (TPSA) is 78.9 Å². The van der Waals surface area contributed by atoms with E-state index >= 15 is 0 Å². The zero-order chi connectivity index (χ0) is 27.4. The molecule has 0 bridgehead atoms. The number of hydrogen-bond acceptors (Lipinski definition) is 6. The van der Waals surface area contributed by atoms with Crippen LogP contribution in [0.25, 0.3) is 0 Å². The molecule has 0 spiro atoms. The number of allylic oxidation sites excluding steroid dienone is 4. The first kappa shape index (κ1) is 26.9. The predicted octanol–water partition coefficient (Wildman–Crippen LogP) is 7.25. The van der Waals surface area contributed by atoms with Crippen molar-refractivity contribution in [1.29, 1.82) is 0 Å². The number of rotatable bonds is 7. The summed E-state index contributed by atoms with van der Waals surface area (Å²) in [6.07, 6.45) is 3.66. The first-order valence-electron chi connectivity index (χ1n) is 13.2. The molecule has 0 heterocycles. The minimum atomic E-state index is -5.28. The Morgan fingerprint density at radius 2 is 1.03 bits per heavy atom. The summed E-state index contributed by atoms with van der Waals surface area (Å²) in [5.41, 5.74) is 4.01. The van der Waals surface area contributed by atoms with Crippen LogP contribution < -0.4 is 0 Å². The van der Waals surface area contributed by atoms with Gasteiger partial charge in [-0.15, -0.1) is 0 Å². The van der Waals surface area contributed by atoms with Crippen molar-refractivity contribution in [3.63, 3.8) is 0 Å². The van der Waals surface area contributed by atoms with Gasteiger partial charge in [-0.3, -0.25) is 0 Å². The van der Waals surface area contributed by atoms with Crippen LogP contribution in [0.5, 0.6) is 0 Å². The van der Waals surface area contributed by atoms with Crippen LogP contribution >= 0.6 is 0 Å². The molecule has 7 heteroatoms. The third-order valence-corrected chi connectivity index (χ3v) is 11.6. The maximum absolute atomic E-state index is 13.6. The number of benzene rings is 3. The van der Waals surface area contributed by atoms with Gasteiger partial charge in [0.1, 0.15) is 0 Å². The van der Waals surface area contributed by atoms with Crippen LogP contribution in [0.3, 0.4) is 0 Å². The Bertz CT molecular complexity index is 1310. The van der Waals surface area contributed by atoms with E-state index in [1.807, 2.05) is 6.92 Å². The van der Waals surface area contributed by atoms with Gasteiger partial charge in [0.05, 0.1) is 0 Å². The van der Waals surface area contributed by atoms with E-state index in [0.717, 1.165) is 36.8 Å². The maximum atomic E-state index is 13.6. The summed E-state index contributed by atoms with van der Waals surface area (Å²) in [5, 5.41) is 0. The number of hydrogen-bond donors (Lipinski definition) is 0. The summed E-state index contributed by atoms with van der Waals surface area (Å²) >= 11 is -5.28. The van der Waals surface area contributed by atoms with Crippen LogP contribution in [-0.4, -0.2) is 17.9 Å². The van der Waals surface area contributed by atoms with E-state index < -0.39 is 35.7 Å². The molecule has 2 aliphatic rings. The van der Waals surface area contributed by atoms with Gasteiger partial charge in [-0.05, 0) is 0 Å². The molecule has 1 unspecified atom stereocenters. The van der Waals surface area contributed by atoms with Crippen LogP contribution in [0.1, 0.15) is 70.6 Å². The van der Waals surface area contributed by atoms with E-state index in [2.05, 4.69) is 6.92 Å². The van der Waals surface area contributed by atoms with Gasteiger partial charge in [0.25, 0.3) is 0 Å². The Morgan fingerprint density at radius 1 is 0.641 bits per heavy atom. The van der Waals surface area contributed by atoms with Gasteiger partial charge in [0.2, 0.25) is 0 Å². The van der Waals surface area contributed by atoms with Gasteiger partial charge in [-0.25, -0.2) is 0 Å². The third kappa shape index (κ3) is 5.54. The van der Waals surface area contributed by atoms with Crippen LogP contribution in [0.2, 0.25) is 0 Å². The second kappa shape index (κ2) is 11.6. The van der Waals surface area contributed by atoms with Gasteiger partial charge >= 0.3 is 234 Å². The second-order valence-electron chi connectivity index (χ2n) is 9.81. The van der Waals surface area contributed by atoms with Crippen molar-refractivity contribution < 1.29 is 42.1 Å². The molecule has 0 N–H and O–H groups in total. The molecule has 1 atom stereocenters. The van der Waals surface area contributed by atoms with Gasteiger partial charge in [-0.1, -0.05) is 0 Å². The first-order chi connectivity index (χ1) is 18.9. The van der Waals surface area contributed by atoms with E-state index in [9.17, 15) is 14.4 Å². The predicted molar refractivity (Wildman–Crippen MR) is 143 cm³/mol. The molecule has 6 nitrogen and oxygen atoms in total. The van der Waals surface area contributed by atoms with Crippen LogP contribution in [0, 0.1) is 5.92 Å². The fourth-order valence-electron chi connectivity index (χ4n) is 5.32. The normalized spacial score (nSPS) is 16.9. The molecule has 0 saturated carbocycles. The Labute approximate surface area is 233 Å². The van der Waals surface area contributed by atoms with Crippen LogP contribution in [0.4, 0.5) is 0 Å². The minimum absolute atomic E-state index is 0.0709. The van der Waals surface area contributed by atoms with E-state index in [-0.39, 0.29) is 22.6 Å². The molecule has 0 amide bonds. The molecular formula is C32H30O6Ti. The van der Waals surface area contributed by atoms with E-state index in [1.165, 1.54) is 5.57 Å².